The molecule has 0 radical (unpaired) electrons. The molecule has 1 aliphatic carbocycles. The molecule has 3 N–H and O–H groups in total. The molecule has 2 amide bonds. The standard InChI is InChI=1S/C31H39N3O2S/c1-31(2,3)34-37-28-20-12-17-24-25(28)18-11-19-26(24)32-30(36)27(21-22-13-7-6-8-14-22)33-29(35)23-15-9-4-5-10-16-23/h6-8,11-14,17-20,23,27,34H,4-5,9-10,15-16,21H2,1-3H3,(H,32,36)(H,33,35)/t27-/m0/s1. The molecule has 0 unspecified atom stereocenters. The maximum Gasteiger partial charge on any atom is 0.247 e. The normalized spacial score (nSPS) is 15.6. The van der Waals surface area contributed by atoms with Gasteiger partial charge in [0.15, 0.2) is 0 Å². The molecule has 0 aromatic heterocycles. The number of nitrogens with one attached hydrogen (secondary N) is 3. The van der Waals surface area contributed by atoms with E-state index in [9.17, 15) is 9.59 Å². The van der Waals surface area contributed by atoms with E-state index in [0.29, 0.717) is 6.42 Å². The molecular formula is C31H39N3O2S. The van der Waals surface area contributed by atoms with Gasteiger partial charge in [-0.15, -0.1) is 0 Å². The minimum absolute atomic E-state index is 0.00263. The largest absolute Gasteiger partial charge is 0.344 e. The lowest BCUT2D eigenvalue weighted by molar-refractivity contribution is -0.129. The molecule has 1 fully saturated rings. The highest BCUT2D eigenvalue weighted by molar-refractivity contribution is 7.97. The zero-order valence-corrected chi connectivity index (χ0v) is 23.0. The lowest BCUT2D eigenvalue weighted by Crippen LogP contribution is -2.47. The van der Waals surface area contributed by atoms with Crippen LogP contribution in [0, 0.1) is 5.92 Å². The van der Waals surface area contributed by atoms with Gasteiger partial charge in [-0.2, -0.15) is 0 Å². The van der Waals surface area contributed by atoms with Crippen LogP contribution in [0.15, 0.2) is 71.6 Å². The van der Waals surface area contributed by atoms with E-state index in [0.717, 1.165) is 52.6 Å². The van der Waals surface area contributed by atoms with Crippen LogP contribution < -0.4 is 15.4 Å². The number of hydrogen-bond donors (Lipinski definition) is 3. The maximum absolute atomic E-state index is 13.6. The molecule has 4 rings (SSSR count). The number of hydrogen-bond acceptors (Lipinski definition) is 4. The monoisotopic (exact) mass is 517 g/mol. The van der Waals surface area contributed by atoms with Crippen LogP contribution in [-0.4, -0.2) is 23.4 Å². The average Bonchev–Trinajstić information content (AvgIpc) is 3.17. The molecule has 3 aromatic rings. The van der Waals surface area contributed by atoms with E-state index in [2.05, 4.69) is 48.3 Å². The van der Waals surface area contributed by atoms with Gasteiger partial charge >= 0.3 is 0 Å². The molecule has 3 aromatic carbocycles. The Hall–Kier alpha value is -2.83. The van der Waals surface area contributed by atoms with Crippen molar-refractivity contribution < 1.29 is 9.59 Å². The van der Waals surface area contributed by atoms with Crippen molar-refractivity contribution >= 4 is 40.2 Å². The summed E-state index contributed by atoms with van der Waals surface area (Å²) in [6, 6.07) is 21.4. The Balaban J connectivity index is 1.55. The average molecular weight is 518 g/mol. The Kier molecular flexibility index (Phi) is 9.28. The molecule has 5 nitrogen and oxygen atoms in total. The van der Waals surface area contributed by atoms with Crippen LogP contribution in [0.25, 0.3) is 10.8 Å². The number of fused-ring (bicyclic) bond motifs is 1. The van der Waals surface area contributed by atoms with Gasteiger partial charge in [-0.1, -0.05) is 80.3 Å². The van der Waals surface area contributed by atoms with Crippen molar-refractivity contribution in [3.05, 3.63) is 72.3 Å². The summed E-state index contributed by atoms with van der Waals surface area (Å²) in [6.07, 6.45) is 6.78. The zero-order valence-electron chi connectivity index (χ0n) is 22.2. The predicted molar refractivity (Wildman–Crippen MR) is 155 cm³/mol. The molecule has 196 valence electrons. The third-order valence-corrected chi connectivity index (χ3v) is 8.04. The quantitative estimate of drug-likeness (QED) is 0.225. The number of amides is 2. The van der Waals surface area contributed by atoms with E-state index in [1.165, 1.54) is 12.8 Å². The molecule has 0 saturated heterocycles. The van der Waals surface area contributed by atoms with Crippen LogP contribution in [0.4, 0.5) is 5.69 Å². The van der Waals surface area contributed by atoms with Crippen molar-refractivity contribution in [1.82, 2.24) is 10.0 Å². The lowest BCUT2D eigenvalue weighted by atomic mass is 9.98. The van der Waals surface area contributed by atoms with E-state index < -0.39 is 6.04 Å². The number of carbonyl (C=O) groups is 2. The molecule has 37 heavy (non-hydrogen) atoms. The van der Waals surface area contributed by atoms with Gasteiger partial charge in [0.25, 0.3) is 0 Å². The molecular weight excluding hydrogens is 478 g/mol. The van der Waals surface area contributed by atoms with Crippen molar-refractivity contribution in [3.8, 4) is 0 Å². The number of anilines is 1. The van der Waals surface area contributed by atoms with Crippen LogP contribution in [0.2, 0.25) is 0 Å². The summed E-state index contributed by atoms with van der Waals surface area (Å²) in [5.74, 6) is -0.201. The van der Waals surface area contributed by atoms with Gasteiger partial charge in [0.2, 0.25) is 11.8 Å². The molecule has 0 bridgehead atoms. The van der Waals surface area contributed by atoms with Crippen LogP contribution >= 0.6 is 11.9 Å². The van der Waals surface area contributed by atoms with E-state index in [1.807, 2.05) is 54.6 Å². The van der Waals surface area contributed by atoms with Crippen molar-refractivity contribution in [2.24, 2.45) is 5.92 Å². The molecule has 6 heteroatoms. The molecule has 1 saturated carbocycles. The second-order valence-corrected chi connectivity index (χ2v) is 11.9. The van der Waals surface area contributed by atoms with Gasteiger partial charge < -0.3 is 10.6 Å². The van der Waals surface area contributed by atoms with Gasteiger partial charge in [-0.25, -0.2) is 0 Å². The summed E-state index contributed by atoms with van der Waals surface area (Å²) in [6.45, 7) is 6.40. The number of benzene rings is 3. The van der Waals surface area contributed by atoms with Crippen molar-refractivity contribution in [2.75, 3.05) is 5.32 Å². The Morgan fingerprint density at radius 2 is 1.54 bits per heavy atom. The lowest BCUT2D eigenvalue weighted by Gasteiger charge is -2.23. The first kappa shape index (κ1) is 27.2. The van der Waals surface area contributed by atoms with E-state index >= 15 is 0 Å². The van der Waals surface area contributed by atoms with Crippen molar-refractivity contribution in [1.29, 1.82) is 0 Å². The molecule has 0 heterocycles. The zero-order chi connectivity index (χ0) is 26.3. The summed E-state index contributed by atoms with van der Waals surface area (Å²) in [5, 5.41) is 8.31. The maximum atomic E-state index is 13.6. The first-order chi connectivity index (χ1) is 17.8. The third-order valence-electron chi connectivity index (χ3n) is 6.75. The summed E-state index contributed by atoms with van der Waals surface area (Å²) in [7, 11) is 0. The second kappa shape index (κ2) is 12.6. The number of carbonyl (C=O) groups excluding carboxylic acids is 2. The van der Waals surface area contributed by atoms with Gasteiger partial charge in [0.1, 0.15) is 6.04 Å². The van der Waals surface area contributed by atoms with E-state index in [1.54, 1.807) is 11.9 Å². The van der Waals surface area contributed by atoms with Gasteiger partial charge in [0, 0.05) is 33.8 Å². The smallest absolute Gasteiger partial charge is 0.247 e. The Morgan fingerprint density at radius 1 is 0.865 bits per heavy atom. The van der Waals surface area contributed by atoms with E-state index in [4.69, 9.17) is 0 Å². The van der Waals surface area contributed by atoms with Crippen molar-refractivity contribution in [2.45, 2.75) is 82.2 Å². The first-order valence-electron chi connectivity index (χ1n) is 13.4. The van der Waals surface area contributed by atoms with Crippen LogP contribution in [0.5, 0.6) is 0 Å². The molecule has 0 aliphatic heterocycles. The van der Waals surface area contributed by atoms with Crippen LogP contribution in [0.3, 0.4) is 0 Å². The predicted octanol–water partition coefficient (Wildman–Crippen LogP) is 6.87. The fourth-order valence-electron chi connectivity index (χ4n) is 4.80. The highest BCUT2D eigenvalue weighted by Crippen LogP contribution is 2.32. The third kappa shape index (κ3) is 7.83. The molecule has 1 aliphatic rings. The summed E-state index contributed by atoms with van der Waals surface area (Å²) < 4.78 is 3.48. The van der Waals surface area contributed by atoms with Gasteiger partial charge in [0.05, 0.1) is 0 Å². The molecule has 1 atom stereocenters. The minimum Gasteiger partial charge on any atom is -0.344 e. The van der Waals surface area contributed by atoms with Gasteiger partial charge in [-0.05, 0) is 68.6 Å². The Labute approximate surface area is 225 Å². The second-order valence-electron chi connectivity index (χ2n) is 11.0. The molecule has 0 spiro atoms. The summed E-state index contributed by atoms with van der Waals surface area (Å²) >= 11 is 1.60. The topological polar surface area (TPSA) is 70.2 Å². The Morgan fingerprint density at radius 3 is 2.24 bits per heavy atom. The summed E-state index contributed by atoms with van der Waals surface area (Å²) in [4.78, 5) is 28.0. The van der Waals surface area contributed by atoms with Crippen LogP contribution in [0.1, 0.15) is 64.9 Å². The highest BCUT2D eigenvalue weighted by Gasteiger charge is 2.27. The fourth-order valence-corrected chi connectivity index (χ4v) is 5.65. The first-order valence-corrected chi connectivity index (χ1v) is 14.2. The number of rotatable bonds is 8. The van der Waals surface area contributed by atoms with Gasteiger partial charge in [-0.3, -0.25) is 14.3 Å². The summed E-state index contributed by atoms with van der Waals surface area (Å²) in [5.41, 5.74) is 1.75. The SMILES string of the molecule is CC(C)(C)NSc1cccc2c(NC(=O)[C@H](Cc3ccccc3)NC(=O)C3CCCCCC3)cccc12. The van der Waals surface area contributed by atoms with E-state index in [-0.39, 0.29) is 23.3 Å². The Bertz CT molecular complexity index is 1200. The van der Waals surface area contributed by atoms with Crippen LogP contribution in [-0.2, 0) is 16.0 Å². The fraction of sp³-hybridized carbons (Fsp3) is 0.419. The minimum atomic E-state index is -0.645. The highest BCUT2D eigenvalue weighted by atomic mass is 32.2. The van der Waals surface area contributed by atoms with Crippen molar-refractivity contribution in [3.63, 3.8) is 0 Å².